The number of benzene rings is 1. The molecule has 22 heavy (non-hydrogen) atoms. The first-order valence-electron chi connectivity index (χ1n) is 8.07. The van der Waals surface area contributed by atoms with Crippen LogP contribution in [0.15, 0.2) is 18.2 Å². The van der Waals surface area contributed by atoms with E-state index in [4.69, 9.17) is 9.97 Å². The molecule has 0 amide bonds. The molecule has 1 heterocycles. The Kier molecular flexibility index (Phi) is 12.3. The lowest BCUT2D eigenvalue weighted by molar-refractivity contribution is 1.07. The SMILES string of the molecule is CC.CC.CCSCc1nc2cc(C)ccc2nc1CSC. The van der Waals surface area contributed by atoms with Crippen LogP contribution in [0.4, 0.5) is 0 Å². The van der Waals surface area contributed by atoms with Gasteiger partial charge in [-0.2, -0.15) is 23.5 Å². The summed E-state index contributed by atoms with van der Waals surface area (Å²) in [5.41, 5.74) is 5.55. The summed E-state index contributed by atoms with van der Waals surface area (Å²) in [5, 5.41) is 0. The Hall–Kier alpha value is -0.740. The molecular weight excluding hydrogens is 308 g/mol. The second-order valence-corrected chi connectivity index (χ2v) is 6.32. The summed E-state index contributed by atoms with van der Waals surface area (Å²) in [6.07, 6.45) is 2.11. The largest absolute Gasteiger partial charge is 0.248 e. The molecular formula is C18H30N2S2. The average Bonchev–Trinajstić information content (AvgIpc) is 2.57. The maximum atomic E-state index is 4.80. The highest BCUT2D eigenvalue weighted by molar-refractivity contribution is 7.98. The normalized spacial score (nSPS) is 9.59. The number of thioether (sulfide) groups is 2. The standard InChI is InChI=1S/C14H18N2S2.2C2H6/c1-4-18-9-14-13(8-17-3)15-11-6-5-10(2)7-12(11)16-14;2*1-2/h5-7H,4,8-9H2,1-3H3;2*1-2H3. The van der Waals surface area contributed by atoms with Gasteiger partial charge in [0.2, 0.25) is 0 Å². The van der Waals surface area contributed by atoms with E-state index in [9.17, 15) is 0 Å². The van der Waals surface area contributed by atoms with E-state index in [-0.39, 0.29) is 0 Å². The zero-order chi connectivity index (χ0) is 17.0. The van der Waals surface area contributed by atoms with E-state index in [1.54, 1.807) is 11.8 Å². The van der Waals surface area contributed by atoms with Crippen LogP contribution in [-0.4, -0.2) is 22.0 Å². The van der Waals surface area contributed by atoms with Gasteiger partial charge in [-0.25, -0.2) is 9.97 Å². The van der Waals surface area contributed by atoms with Gasteiger partial charge >= 0.3 is 0 Å². The summed E-state index contributed by atoms with van der Waals surface area (Å²) in [5.74, 6) is 3.02. The van der Waals surface area contributed by atoms with E-state index >= 15 is 0 Å². The van der Waals surface area contributed by atoms with Gasteiger partial charge in [-0.1, -0.05) is 40.7 Å². The lowest BCUT2D eigenvalue weighted by atomic mass is 10.2. The number of rotatable bonds is 5. The Morgan fingerprint density at radius 2 is 1.50 bits per heavy atom. The predicted molar refractivity (Wildman–Crippen MR) is 106 cm³/mol. The molecule has 0 aliphatic rings. The molecule has 0 aliphatic heterocycles. The molecule has 0 aliphatic carbocycles. The van der Waals surface area contributed by atoms with Crippen molar-refractivity contribution in [3.63, 3.8) is 0 Å². The topological polar surface area (TPSA) is 25.8 Å². The zero-order valence-corrected chi connectivity index (χ0v) is 16.7. The third kappa shape index (κ3) is 6.57. The first-order valence-corrected chi connectivity index (χ1v) is 10.6. The summed E-state index contributed by atoms with van der Waals surface area (Å²) < 4.78 is 0. The molecule has 1 aromatic carbocycles. The van der Waals surface area contributed by atoms with Crippen LogP contribution in [0.1, 0.15) is 51.6 Å². The molecule has 0 saturated heterocycles. The quantitative estimate of drug-likeness (QED) is 0.657. The first kappa shape index (κ1) is 21.3. The molecule has 0 fully saturated rings. The number of aryl methyl sites for hydroxylation is 1. The number of hydrogen-bond acceptors (Lipinski definition) is 4. The molecule has 0 unspecified atom stereocenters. The van der Waals surface area contributed by atoms with E-state index in [0.717, 1.165) is 39.7 Å². The van der Waals surface area contributed by atoms with Gasteiger partial charge in [-0.15, -0.1) is 0 Å². The Balaban J connectivity index is 0.00000102. The molecule has 1 aromatic heterocycles. The van der Waals surface area contributed by atoms with Gasteiger partial charge in [-0.05, 0) is 36.6 Å². The minimum Gasteiger partial charge on any atom is -0.248 e. The molecule has 0 spiro atoms. The molecule has 2 aromatic rings. The highest BCUT2D eigenvalue weighted by Gasteiger charge is 2.08. The van der Waals surface area contributed by atoms with Gasteiger partial charge < -0.3 is 0 Å². The third-order valence-corrected chi connectivity index (χ3v) is 4.15. The summed E-state index contributed by atoms with van der Waals surface area (Å²) in [6.45, 7) is 12.3. The van der Waals surface area contributed by atoms with E-state index in [1.807, 2.05) is 39.5 Å². The smallest absolute Gasteiger partial charge is 0.0893 e. The van der Waals surface area contributed by atoms with Gasteiger partial charge in [0, 0.05) is 11.5 Å². The minimum absolute atomic E-state index is 0.941. The monoisotopic (exact) mass is 338 g/mol. The molecule has 4 heteroatoms. The molecule has 0 bridgehead atoms. The molecule has 0 saturated carbocycles. The second kappa shape index (κ2) is 12.8. The zero-order valence-electron chi connectivity index (χ0n) is 15.1. The summed E-state index contributed by atoms with van der Waals surface area (Å²) in [6, 6.07) is 6.28. The summed E-state index contributed by atoms with van der Waals surface area (Å²) >= 11 is 3.70. The molecule has 0 atom stereocenters. The molecule has 124 valence electrons. The van der Waals surface area contributed by atoms with E-state index < -0.39 is 0 Å². The van der Waals surface area contributed by atoms with Crippen LogP contribution in [0, 0.1) is 6.92 Å². The van der Waals surface area contributed by atoms with E-state index in [1.165, 1.54) is 5.56 Å². The van der Waals surface area contributed by atoms with Crippen molar-refractivity contribution in [1.29, 1.82) is 0 Å². The van der Waals surface area contributed by atoms with Gasteiger partial charge in [-0.3, -0.25) is 0 Å². The average molecular weight is 339 g/mol. The predicted octanol–water partition coefficient (Wildman–Crippen LogP) is 6.11. The molecule has 2 nitrogen and oxygen atoms in total. The Morgan fingerprint density at radius 3 is 2.09 bits per heavy atom. The van der Waals surface area contributed by atoms with Crippen LogP contribution in [0.3, 0.4) is 0 Å². The van der Waals surface area contributed by atoms with Gasteiger partial charge in [0.15, 0.2) is 0 Å². The van der Waals surface area contributed by atoms with Crippen molar-refractivity contribution in [2.45, 2.75) is 53.0 Å². The van der Waals surface area contributed by atoms with E-state index in [0.29, 0.717) is 0 Å². The molecule has 0 N–H and O–H groups in total. The molecule has 0 radical (unpaired) electrons. The fourth-order valence-electron chi connectivity index (χ4n) is 1.80. The van der Waals surface area contributed by atoms with Crippen LogP contribution in [0.25, 0.3) is 11.0 Å². The van der Waals surface area contributed by atoms with Crippen LogP contribution in [-0.2, 0) is 11.5 Å². The van der Waals surface area contributed by atoms with Gasteiger partial charge in [0.1, 0.15) is 0 Å². The second-order valence-electron chi connectivity index (χ2n) is 4.18. The maximum absolute atomic E-state index is 4.80. The van der Waals surface area contributed by atoms with Gasteiger partial charge in [0.05, 0.1) is 22.4 Å². The van der Waals surface area contributed by atoms with Crippen molar-refractivity contribution < 1.29 is 0 Å². The van der Waals surface area contributed by atoms with Crippen molar-refractivity contribution >= 4 is 34.6 Å². The van der Waals surface area contributed by atoms with Crippen LogP contribution in [0.2, 0.25) is 0 Å². The summed E-state index contributed by atoms with van der Waals surface area (Å²) in [4.78, 5) is 9.56. The fraction of sp³-hybridized carbons (Fsp3) is 0.556. The van der Waals surface area contributed by atoms with E-state index in [2.05, 4.69) is 38.3 Å². The van der Waals surface area contributed by atoms with Crippen molar-refractivity contribution in [2.75, 3.05) is 12.0 Å². The van der Waals surface area contributed by atoms with Crippen molar-refractivity contribution in [2.24, 2.45) is 0 Å². The lowest BCUT2D eigenvalue weighted by Gasteiger charge is -2.09. The molecule has 2 rings (SSSR count). The minimum atomic E-state index is 0.941. The lowest BCUT2D eigenvalue weighted by Crippen LogP contribution is -2.00. The van der Waals surface area contributed by atoms with Crippen LogP contribution < -0.4 is 0 Å². The number of hydrogen-bond donors (Lipinski definition) is 0. The number of nitrogens with zero attached hydrogens (tertiary/aromatic N) is 2. The van der Waals surface area contributed by atoms with Crippen molar-refractivity contribution in [3.8, 4) is 0 Å². The summed E-state index contributed by atoms with van der Waals surface area (Å²) in [7, 11) is 0. The Labute approximate surface area is 144 Å². The number of fused-ring (bicyclic) bond motifs is 1. The van der Waals surface area contributed by atoms with Gasteiger partial charge in [0.25, 0.3) is 0 Å². The first-order chi connectivity index (χ1) is 10.7. The highest BCUT2D eigenvalue weighted by atomic mass is 32.2. The van der Waals surface area contributed by atoms with Crippen LogP contribution in [0.5, 0.6) is 0 Å². The van der Waals surface area contributed by atoms with Crippen molar-refractivity contribution in [3.05, 3.63) is 35.2 Å². The Bertz CT molecular complexity index is 542. The maximum Gasteiger partial charge on any atom is 0.0893 e. The van der Waals surface area contributed by atoms with Crippen molar-refractivity contribution in [1.82, 2.24) is 9.97 Å². The highest BCUT2D eigenvalue weighted by Crippen LogP contribution is 2.21. The fourth-order valence-corrected chi connectivity index (χ4v) is 2.94. The van der Waals surface area contributed by atoms with Crippen LogP contribution >= 0.6 is 23.5 Å². The Morgan fingerprint density at radius 1 is 0.909 bits per heavy atom. The third-order valence-electron chi connectivity index (χ3n) is 2.70. The number of aromatic nitrogens is 2.